The molecule has 112 valence electrons. The van der Waals surface area contributed by atoms with Gasteiger partial charge >= 0.3 is 0 Å². The maximum atomic E-state index is 5.29. The smallest absolute Gasteiger partial charge is 0.203 e. The van der Waals surface area contributed by atoms with Crippen LogP contribution in [0.1, 0.15) is 13.8 Å². The van der Waals surface area contributed by atoms with Crippen molar-refractivity contribution in [1.29, 1.82) is 0 Å². The number of hydrogen-bond donors (Lipinski definition) is 2. The summed E-state index contributed by atoms with van der Waals surface area (Å²) in [5.41, 5.74) is 0.778. The van der Waals surface area contributed by atoms with Crippen LogP contribution in [0.2, 0.25) is 0 Å². The van der Waals surface area contributed by atoms with E-state index in [1.54, 1.807) is 21.3 Å². The first-order valence-electron chi connectivity index (χ1n) is 6.36. The van der Waals surface area contributed by atoms with Crippen molar-refractivity contribution in [3.63, 3.8) is 0 Å². The molecular formula is C14H22N2O3S. The van der Waals surface area contributed by atoms with Crippen LogP contribution in [0.5, 0.6) is 17.2 Å². The van der Waals surface area contributed by atoms with Crippen LogP contribution in [0, 0.1) is 5.92 Å². The van der Waals surface area contributed by atoms with Crippen molar-refractivity contribution >= 4 is 23.0 Å². The van der Waals surface area contributed by atoms with E-state index in [1.165, 1.54) is 0 Å². The van der Waals surface area contributed by atoms with Crippen molar-refractivity contribution in [3.05, 3.63) is 12.1 Å². The Balaban J connectivity index is 2.88. The summed E-state index contributed by atoms with van der Waals surface area (Å²) in [7, 11) is 4.73. The first-order valence-corrected chi connectivity index (χ1v) is 6.77. The Morgan fingerprint density at radius 2 is 1.65 bits per heavy atom. The van der Waals surface area contributed by atoms with Gasteiger partial charge in [0.15, 0.2) is 16.6 Å². The van der Waals surface area contributed by atoms with Gasteiger partial charge in [-0.1, -0.05) is 13.8 Å². The molecule has 0 amide bonds. The number of methoxy groups -OCH3 is 3. The second kappa shape index (κ2) is 7.79. The maximum Gasteiger partial charge on any atom is 0.203 e. The minimum absolute atomic E-state index is 0.523. The molecule has 0 aliphatic rings. The fourth-order valence-electron chi connectivity index (χ4n) is 1.63. The summed E-state index contributed by atoms with van der Waals surface area (Å²) < 4.78 is 15.9. The second-order valence-corrected chi connectivity index (χ2v) is 5.05. The molecular weight excluding hydrogens is 276 g/mol. The minimum Gasteiger partial charge on any atom is -0.493 e. The van der Waals surface area contributed by atoms with Crippen molar-refractivity contribution in [3.8, 4) is 17.2 Å². The van der Waals surface area contributed by atoms with Gasteiger partial charge in [0.05, 0.1) is 21.3 Å². The average molecular weight is 298 g/mol. The zero-order valence-electron chi connectivity index (χ0n) is 12.6. The highest BCUT2D eigenvalue weighted by Gasteiger charge is 2.13. The molecule has 0 fully saturated rings. The Kier molecular flexibility index (Phi) is 6.38. The summed E-state index contributed by atoms with van der Waals surface area (Å²) in [4.78, 5) is 0. The Morgan fingerprint density at radius 1 is 1.10 bits per heavy atom. The lowest BCUT2D eigenvalue weighted by atomic mass is 10.2. The van der Waals surface area contributed by atoms with Gasteiger partial charge in [-0.15, -0.1) is 0 Å². The molecule has 6 heteroatoms. The van der Waals surface area contributed by atoms with Crippen molar-refractivity contribution in [2.24, 2.45) is 5.92 Å². The molecule has 1 aromatic carbocycles. The van der Waals surface area contributed by atoms with Crippen molar-refractivity contribution in [2.75, 3.05) is 33.2 Å². The first-order chi connectivity index (χ1) is 9.51. The van der Waals surface area contributed by atoms with Crippen molar-refractivity contribution < 1.29 is 14.2 Å². The third-order valence-corrected chi connectivity index (χ3v) is 2.84. The fraction of sp³-hybridized carbons (Fsp3) is 0.500. The van der Waals surface area contributed by atoms with Crippen LogP contribution in [0.15, 0.2) is 12.1 Å². The van der Waals surface area contributed by atoms with Gasteiger partial charge in [0.25, 0.3) is 0 Å². The normalized spacial score (nSPS) is 10.1. The molecule has 2 N–H and O–H groups in total. The summed E-state index contributed by atoms with van der Waals surface area (Å²) in [5.74, 6) is 2.25. The lowest BCUT2D eigenvalue weighted by molar-refractivity contribution is 0.324. The summed E-state index contributed by atoms with van der Waals surface area (Å²) in [6.07, 6.45) is 0. The zero-order chi connectivity index (χ0) is 15.1. The van der Waals surface area contributed by atoms with E-state index in [9.17, 15) is 0 Å². The quantitative estimate of drug-likeness (QED) is 0.788. The lowest BCUT2D eigenvalue weighted by Crippen LogP contribution is -2.31. The molecule has 0 aromatic heterocycles. The molecule has 0 aliphatic heterocycles. The van der Waals surface area contributed by atoms with E-state index < -0.39 is 0 Å². The van der Waals surface area contributed by atoms with E-state index in [0.29, 0.717) is 28.3 Å². The number of rotatable bonds is 6. The molecule has 0 bridgehead atoms. The van der Waals surface area contributed by atoms with Crippen molar-refractivity contribution in [2.45, 2.75) is 13.8 Å². The first kappa shape index (κ1) is 16.4. The minimum atomic E-state index is 0.523. The topological polar surface area (TPSA) is 51.8 Å². The molecule has 0 atom stereocenters. The number of ether oxygens (including phenoxy) is 3. The number of anilines is 1. The monoisotopic (exact) mass is 298 g/mol. The predicted molar refractivity (Wildman–Crippen MR) is 85.2 cm³/mol. The Hall–Kier alpha value is -1.69. The van der Waals surface area contributed by atoms with Gasteiger partial charge in [0, 0.05) is 24.4 Å². The predicted octanol–water partition coefficient (Wildman–Crippen LogP) is 2.65. The Labute approximate surface area is 125 Å². The fourth-order valence-corrected chi connectivity index (χ4v) is 1.83. The summed E-state index contributed by atoms with van der Waals surface area (Å²) in [5, 5.41) is 6.81. The van der Waals surface area contributed by atoms with E-state index in [-0.39, 0.29) is 0 Å². The van der Waals surface area contributed by atoms with Gasteiger partial charge in [0.2, 0.25) is 5.75 Å². The van der Waals surface area contributed by atoms with Gasteiger partial charge in [-0.3, -0.25) is 0 Å². The molecule has 0 aliphatic carbocycles. The average Bonchev–Trinajstić information content (AvgIpc) is 2.43. The molecule has 1 aromatic rings. The van der Waals surface area contributed by atoms with E-state index >= 15 is 0 Å². The summed E-state index contributed by atoms with van der Waals surface area (Å²) in [6, 6.07) is 3.62. The second-order valence-electron chi connectivity index (χ2n) is 4.64. The zero-order valence-corrected chi connectivity index (χ0v) is 13.4. The van der Waals surface area contributed by atoms with E-state index in [4.69, 9.17) is 26.4 Å². The number of benzene rings is 1. The highest BCUT2D eigenvalue weighted by atomic mass is 32.1. The number of nitrogens with one attached hydrogen (secondary N) is 2. The van der Waals surface area contributed by atoms with E-state index in [0.717, 1.165) is 12.2 Å². The van der Waals surface area contributed by atoms with Crippen LogP contribution < -0.4 is 24.8 Å². The molecule has 0 spiro atoms. The molecule has 20 heavy (non-hydrogen) atoms. The number of hydrogen-bond acceptors (Lipinski definition) is 4. The standard InChI is InChI=1S/C14H22N2O3S/c1-9(2)8-15-14(20)16-10-6-11(17-3)13(19-5)12(7-10)18-4/h6-7,9H,8H2,1-5H3,(H2,15,16,20). The van der Waals surface area contributed by atoms with E-state index in [1.807, 2.05) is 12.1 Å². The molecule has 0 unspecified atom stereocenters. The molecule has 0 saturated carbocycles. The highest BCUT2D eigenvalue weighted by Crippen LogP contribution is 2.39. The summed E-state index contributed by atoms with van der Waals surface area (Å²) >= 11 is 5.24. The Morgan fingerprint density at radius 3 is 2.05 bits per heavy atom. The van der Waals surface area contributed by atoms with Crippen LogP contribution in [-0.4, -0.2) is 33.0 Å². The van der Waals surface area contributed by atoms with Crippen molar-refractivity contribution in [1.82, 2.24) is 5.32 Å². The van der Waals surface area contributed by atoms with E-state index in [2.05, 4.69) is 24.5 Å². The largest absolute Gasteiger partial charge is 0.493 e. The summed E-state index contributed by atoms with van der Waals surface area (Å²) in [6.45, 7) is 5.06. The molecule has 0 saturated heterocycles. The van der Waals surface area contributed by atoms with Crippen LogP contribution in [0.25, 0.3) is 0 Å². The molecule has 0 heterocycles. The highest BCUT2D eigenvalue weighted by molar-refractivity contribution is 7.80. The SMILES string of the molecule is COc1cc(NC(=S)NCC(C)C)cc(OC)c1OC. The van der Waals surface area contributed by atoms with Gasteiger partial charge in [-0.05, 0) is 18.1 Å². The van der Waals surface area contributed by atoms with Gasteiger partial charge in [0.1, 0.15) is 0 Å². The van der Waals surface area contributed by atoms with Gasteiger partial charge < -0.3 is 24.8 Å². The van der Waals surface area contributed by atoms with Gasteiger partial charge in [-0.25, -0.2) is 0 Å². The van der Waals surface area contributed by atoms with Crippen LogP contribution in [-0.2, 0) is 0 Å². The third kappa shape index (κ3) is 4.45. The lowest BCUT2D eigenvalue weighted by Gasteiger charge is -2.16. The third-order valence-electron chi connectivity index (χ3n) is 2.59. The molecule has 1 rings (SSSR count). The Bertz CT molecular complexity index is 439. The molecule has 0 radical (unpaired) electrons. The van der Waals surface area contributed by atoms with Gasteiger partial charge in [-0.2, -0.15) is 0 Å². The molecule has 5 nitrogen and oxygen atoms in total. The van der Waals surface area contributed by atoms with Crippen LogP contribution in [0.3, 0.4) is 0 Å². The number of thiocarbonyl (C=S) groups is 1. The van der Waals surface area contributed by atoms with Crippen LogP contribution in [0.4, 0.5) is 5.69 Å². The van der Waals surface area contributed by atoms with Crippen LogP contribution >= 0.6 is 12.2 Å². The maximum absolute atomic E-state index is 5.29.